The van der Waals surface area contributed by atoms with E-state index in [1.807, 2.05) is 52.0 Å². The second-order valence-electron chi connectivity index (χ2n) is 8.59. The molecular weight excluding hydrogens is 400 g/mol. The van der Waals surface area contributed by atoms with Crippen LogP contribution in [0.2, 0.25) is 5.02 Å². The lowest BCUT2D eigenvalue weighted by atomic mass is 9.91. The number of hydrogen-bond acceptors (Lipinski definition) is 3. The van der Waals surface area contributed by atoms with E-state index >= 15 is 0 Å². The molecular formula is C24H29ClN2O3. The fourth-order valence-corrected chi connectivity index (χ4v) is 4.13. The number of aryl methyl sites for hydroxylation is 3. The zero-order chi connectivity index (χ0) is 22.4. The van der Waals surface area contributed by atoms with Gasteiger partial charge in [-0.25, -0.2) is 9.78 Å². The normalized spacial score (nSPS) is 13.1. The Morgan fingerprint density at radius 1 is 1.20 bits per heavy atom. The Morgan fingerprint density at radius 3 is 2.30 bits per heavy atom. The molecule has 0 spiro atoms. The van der Waals surface area contributed by atoms with Crippen LogP contribution in [0, 0.1) is 20.8 Å². The van der Waals surface area contributed by atoms with Crippen molar-refractivity contribution in [1.29, 1.82) is 0 Å². The maximum absolute atomic E-state index is 12.3. The minimum absolute atomic E-state index is 0.587. The Morgan fingerprint density at radius 2 is 1.80 bits per heavy atom. The zero-order valence-corrected chi connectivity index (χ0v) is 19.4. The number of fused-ring (bicyclic) bond motifs is 1. The van der Waals surface area contributed by atoms with Crippen LogP contribution in [0.15, 0.2) is 24.3 Å². The van der Waals surface area contributed by atoms with Crippen molar-refractivity contribution in [1.82, 2.24) is 9.55 Å². The predicted molar refractivity (Wildman–Crippen MR) is 121 cm³/mol. The quantitative estimate of drug-likeness (QED) is 0.522. The maximum Gasteiger partial charge on any atom is 0.337 e. The molecule has 0 fully saturated rings. The lowest BCUT2D eigenvalue weighted by Crippen LogP contribution is -2.28. The number of halogens is 1. The Labute approximate surface area is 182 Å². The third-order valence-corrected chi connectivity index (χ3v) is 5.64. The number of nitrogens with zero attached hydrogens (tertiary/aromatic N) is 2. The van der Waals surface area contributed by atoms with E-state index in [-0.39, 0.29) is 0 Å². The second-order valence-corrected chi connectivity index (χ2v) is 9.03. The van der Waals surface area contributed by atoms with Crippen LogP contribution in [0.1, 0.15) is 56.3 Å². The number of ether oxygens (including phenoxy) is 1. The van der Waals surface area contributed by atoms with Gasteiger partial charge in [0.25, 0.3) is 0 Å². The summed E-state index contributed by atoms with van der Waals surface area (Å²) in [5.41, 5.74) is 5.41. The van der Waals surface area contributed by atoms with E-state index in [0.717, 1.165) is 40.0 Å². The van der Waals surface area contributed by atoms with Gasteiger partial charge in [-0.3, -0.25) is 0 Å². The molecule has 0 aliphatic heterocycles. The summed E-state index contributed by atoms with van der Waals surface area (Å²) in [6.45, 7) is 14.4. The molecule has 1 atom stereocenters. The van der Waals surface area contributed by atoms with Crippen molar-refractivity contribution >= 4 is 28.6 Å². The predicted octanol–water partition coefficient (Wildman–Crippen LogP) is 6.24. The SMILES string of the molecule is CCn1c(C)c(C)c2c(-c3ccc(Cl)cc3)c([C@@H](OC(C)(C)C)C(=O)O)c(C)nc21. The van der Waals surface area contributed by atoms with Crippen LogP contribution in [0.3, 0.4) is 0 Å². The third kappa shape index (κ3) is 3.96. The number of pyridine rings is 1. The first kappa shape index (κ1) is 22.3. The molecule has 30 heavy (non-hydrogen) atoms. The Bertz CT molecular complexity index is 1110. The van der Waals surface area contributed by atoms with Gasteiger partial charge in [0.2, 0.25) is 0 Å². The lowest BCUT2D eigenvalue weighted by molar-refractivity contribution is -0.160. The topological polar surface area (TPSA) is 64.3 Å². The van der Waals surface area contributed by atoms with Gasteiger partial charge in [0.1, 0.15) is 5.65 Å². The van der Waals surface area contributed by atoms with E-state index in [1.165, 1.54) is 0 Å². The average Bonchev–Trinajstić information content (AvgIpc) is 2.88. The number of hydrogen-bond donors (Lipinski definition) is 1. The summed E-state index contributed by atoms with van der Waals surface area (Å²) >= 11 is 6.14. The van der Waals surface area contributed by atoms with Crippen molar-refractivity contribution in [3.05, 3.63) is 51.8 Å². The molecule has 0 aliphatic carbocycles. The summed E-state index contributed by atoms with van der Waals surface area (Å²) < 4.78 is 8.20. The number of aromatic nitrogens is 2. The Balaban J connectivity index is 2.49. The molecule has 0 amide bonds. The van der Waals surface area contributed by atoms with Crippen LogP contribution in [0.5, 0.6) is 0 Å². The highest BCUT2D eigenvalue weighted by Gasteiger charge is 2.33. The van der Waals surface area contributed by atoms with Gasteiger partial charge in [0.15, 0.2) is 6.10 Å². The molecule has 0 saturated heterocycles. The number of aliphatic carboxylic acids is 1. The van der Waals surface area contributed by atoms with E-state index in [1.54, 1.807) is 0 Å². The zero-order valence-electron chi connectivity index (χ0n) is 18.6. The van der Waals surface area contributed by atoms with Gasteiger partial charge in [0.05, 0.1) is 5.60 Å². The number of carboxylic acid groups (broad SMARTS) is 1. The highest BCUT2D eigenvalue weighted by molar-refractivity contribution is 6.30. The van der Waals surface area contributed by atoms with Crippen molar-refractivity contribution in [2.24, 2.45) is 0 Å². The smallest absolute Gasteiger partial charge is 0.337 e. The molecule has 1 N–H and O–H groups in total. The lowest BCUT2D eigenvalue weighted by Gasteiger charge is -2.28. The molecule has 3 aromatic rings. The molecule has 0 aliphatic rings. The molecule has 6 heteroatoms. The summed E-state index contributed by atoms with van der Waals surface area (Å²) in [5, 5.41) is 11.7. The van der Waals surface area contributed by atoms with E-state index in [0.29, 0.717) is 16.3 Å². The second kappa shape index (κ2) is 8.05. The van der Waals surface area contributed by atoms with Crippen LogP contribution >= 0.6 is 11.6 Å². The molecule has 2 heterocycles. The van der Waals surface area contributed by atoms with E-state index in [4.69, 9.17) is 21.3 Å². The number of benzene rings is 1. The van der Waals surface area contributed by atoms with Gasteiger partial charge in [-0.2, -0.15) is 0 Å². The molecule has 0 saturated carbocycles. The maximum atomic E-state index is 12.3. The van der Waals surface area contributed by atoms with Gasteiger partial charge in [0, 0.05) is 39.5 Å². The summed E-state index contributed by atoms with van der Waals surface area (Å²) in [5.74, 6) is -1.03. The van der Waals surface area contributed by atoms with Crippen LogP contribution in [-0.2, 0) is 16.1 Å². The first-order chi connectivity index (χ1) is 14.0. The number of carbonyl (C=O) groups is 1. The molecule has 2 aromatic heterocycles. The van der Waals surface area contributed by atoms with E-state index in [2.05, 4.69) is 25.3 Å². The monoisotopic (exact) mass is 428 g/mol. The van der Waals surface area contributed by atoms with Crippen LogP contribution in [0.25, 0.3) is 22.2 Å². The standard InChI is InChI=1S/C24H29ClN2O3/c1-8-27-15(4)13(2)18-20(16-9-11-17(25)12-10-16)19(14(3)26-22(18)27)21(23(28)29)30-24(5,6)7/h9-12,21H,8H2,1-7H3,(H,28,29)/t21-/m1/s1. The summed E-state index contributed by atoms with van der Waals surface area (Å²) in [7, 11) is 0. The number of carboxylic acids is 1. The highest BCUT2D eigenvalue weighted by Crippen LogP contribution is 2.42. The third-order valence-electron chi connectivity index (χ3n) is 5.39. The fourth-order valence-electron chi connectivity index (χ4n) is 4.01. The van der Waals surface area contributed by atoms with Gasteiger partial charge in [-0.1, -0.05) is 23.7 Å². The van der Waals surface area contributed by atoms with Gasteiger partial charge in [-0.05, 0) is 71.7 Å². The van der Waals surface area contributed by atoms with Gasteiger partial charge >= 0.3 is 5.97 Å². The summed E-state index contributed by atoms with van der Waals surface area (Å²) in [4.78, 5) is 17.2. The van der Waals surface area contributed by atoms with Crippen molar-refractivity contribution < 1.29 is 14.6 Å². The van der Waals surface area contributed by atoms with E-state index < -0.39 is 17.7 Å². The Kier molecular flexibility index (Phi) is 5.99. The van der Waals surface area contributed by atoms with Crippen molar-refractivity contribution in [3.63, 3.8) is 0 Å². The summed E-state index contributed by atoms with van der Waals surface area (Å²) in [6, 6.07) is 7.49. The minimum Gasteiger partial charge on any atom is -0.479 e. The van der Waals surface area contributed by atoms with Crippen molar-refractivity contribution in [2.75, 3.05) is 0 Å². The van der Waals surface area contributed by atoms with E-state index in [9.17, 15) is 9.90 Å². The highest BCUT2D eigenvalue weighted by atomic mass is 35.5. The molecule has 0 unspecified atom stereocenters. The van der Waals surface area contributed by atoms with Crippen LogP contribution < -0.4 is 0 Å². The Hall–Kier alpha value is -2.37. The number of rotatable bonds is 5. The van der Waals surface area contributed by atoms with Crippen LogP contribution in [0.4, 0.5) is 0 Å². The van der Waals surface area contributed by atoms with Gasteiger partial charge in [-0.15, -0.1) is 0 Å². The van der Waals surface area contributed by atoms with Crippen LogP contribution in [-0.4, -0.2) is 26.2 Å². The molecule has 0 radical (unpaired) electrons. The summed E-state index contributed by atoms with van der Waals surface area (Å²) in [6.07, 6.45) is -1.14. The fraction of sp³-hybridized carbons (Fsp3) is 0.417. The average molecular weight is 429 g/mol. The van der Waals surface area contributed by atoms with Crippen molar-refractivity contribution in [3.8, 4) is 11.1 Å². The van der Waals surface area contributed by atoms with Crippen molar-refractivity contribution in [2.45, 2.75) is 66.7 Å². The molecule has 160 valence electrons. The molecule has 1 aromatic carbocycles. The first-order valence-corrected chi connectivity index (χ1v) is 10.5. The largest absolute Gasteiger partial charge is 0.479 e. The molecule has 0 bridgehead atoms. The first-order valence-electron chi connectivity index (χ1n) is 10.1. The van der Waals surface area contributed by atoms with Gasteiger partial charge < -0.3 is 14.4 Å². The minimum atomic E-state index is -1.14. The molecule has 5 nitrogen and oxygen atoms in total. The molecule has 3 rings (SSSR count).